The Bertz CT molecular complexity index is 542. The normalized spacial score (nSPS) is 12.6. The van der Waals surface area contributed by atoms with Crippen LogP contribution in [0.3, 0.4) is 0 Å². The predicted molar refractivity (Wildman–Crippen MR) is 90.0 cm³/mol. The molecule has 2 aromatic rings. The van der Waals surface area contributed by atoms with E-state index in [4.69, 9.17) is 11.6 Å². The van der Waals surface area contributed by atoms with Crippen LogP contribution in [-0.4, -0.2) is 6.54 Å². The molecule has 0 aliphatic carbocycles. The second-order valence-corrected chi connectivity index (χ2v) is 6.93. The topological polar surface area (TPSA) is 12.0 Å². The maximum Gasteiger partial charge on any atom is 0.0960 e. The minimum absolute atomic E-state index is 0.354. The Labute approximate surface area is 131 Å². The molecule has 0 saturated carbocycles. The molecular weight excluding hydrogens is 286 g/mol. The molecule has 1 heterocycles. The summed E-state index contributed by atoms with van der Waals surface area (Å²) in [4.78, 5) is 1.34. The van der Waals surface area contributed by atoms with Gasteiger partial charge in [0.25, 0.3) is 0 Å². The highest BCUT2D eigenvalue weighted by molar-refractivity contribution is 7.16. The Morgan fingerprint density at radius 1 is 1.20 bits per heavy atom. The van der Waals surface area contributed by atoms with Gasteiger partial charge in [-0.25, -0.2) is 0 Å². The molecule has 0 saturated heterocycles. The highest BCUT2D eigenvalue weighted by atomic mass is 35.5. The summed E-state index contributed by atoms with van der Waals surface area (Å²) in [6.07, 6.45) is 2.16. The summed E-state index contributed by atoms with van der Waals surface area (Å²) < 4.78 is 0.910. The minimum atomic E-state index is 0.354. The molecule has 0 radical (unpaired) electrons. The molecule has 2 rings (SSSR count). The molecule has 20 heavy (non-hydrogen) atoms. The quantitative estimate of drug-likeness (QED) is 0.763. The van der Waals surface area contributed by atoms with Gasteiger partial charge in [-0.3, -0.25) is 0 Å². The average Bonchev–Trinajstić information content (AvgIpc) is 2.76. The van der Waals surface area contributed by atoms with Crippen molar-refractivity contribution in [2.45, 2.75) is 39.7 Å². The molecule has 0 fully saturated rings. The number of thiophene rings is 1. The number of halogens is 1. The SMILES string of the molecule is CCCNC(Cc1ccccc1C)c1cc(C)c(Cl)s1. The second kappa shape index (κ2) is 7.26. The maximum absolute atomic E-state index is 6.23. The van der Waals surface area contributed by atoms with Gasteiger partial charge in [0.05, 0.1) is 4.34 Å². The molecule has 1 unspecified atom stereocenters. The van der Waals surface area contributed by atoms with Gasteiger partial charge in [0.2, 0.25) is 0 Å². The summed E-state index contributed by atoms with van der Waals surface area (Å²) in [5, 5.41) is 3.65. The molecule has 3 heteroatoms. The maximum atomic E-state index is 6.23. The van der Waals surface area contributed by atoms with E-state index in [0.717, 1.165) is 23.7 Å². The lowest BCUT2D eigenvalue weighted by atomic mass is 10.00. The van der Waals surface area contributed by atoms with Crippen LogP contribution in [0.1, 0.15) is 41.0 Å². The number of aryl methyl sites for hydroxylation is 2. The molecule has 0 spiro atoms. The van der Waals surface area contributed by atoms with Gasteiger partial charge in [-0.1, -0.05) is 42.8 Å². The first-order chi connectivity index (χ1) is 9.61. The van der Waals surface area contributed by atoms with Crippen LogP contribution in [0.5, 0.6) is 0 Å². The Morgan fingerprint density at radius 3 is 2.55 bits per heavy atom. The monoisotopic (exact) mass is 307 g/mol. The van der Waals surface area contributed by atoms with Crippen molar-refractivity contribution in [1.29, 1.82) is 0 Å². The lowest BCUT2D eigenvalue weighted by Crippen LogP contribution is -2.23. The fourth-order valence-corrected chi connectivity index (χ4v) is 3.60. The molecule has 0 bridgehead atoms. The van der Waals surface area contributed by atoms with Gasteiger partial charge in [0.1, 0.15) is 0 Å². The molecule has 0 aliphatic rings. The second-order valence-electron chi connectivity index (χ2n) is 5.24. The van der Waals surface area contributed by atoms with Crippen LogP contribution in [0.25, 0.3) is 0 Å². The fraction of sp³-hybridized carbons (Fsp3) is 0.412. The van der Waals surface area contributed by atoms with Crippen molar-refractivity contribution in [1.82, 2.24) is 5.32 Å². The fourth-order valence-electron chi connectivity index (χ4n) is 2.31. The van der Waals surface area contributed by atoms with Crippen LogP contribution in [0.4, 0.5) is 0 Å². The Morgan fingerprint density at radius 2 is 1.95 bits per heavy atom. The Balaban J connectivity index is 2.21. The summed E-state index contributed by atoms with van der Waals surface area (Å²) in [6, 6.07) is 11.2. The highest BCUT2D eigenvalue weighted by Gasteiger charge is 2.16. The lowest BCUT2D eigenvalue weighted by Gasteiger charge is -2.18. The summed E-state index contributed by atoms with van der Waals surface area (Å²) in [5.41, 5.74) is 3.94. The van der Waals surface area contributed by atoms with Crippen LogP contribution in [-0.2, 0) is 6.42 Å². The Hall–Kier alpha value is -0.830. The van der Waals surface area contributed by atoms with E-state index in [-0.39, 0.29) is 0 Å². The third-order valence-electron chi connectivity index (χ3n) is 3.55. The Kier molecular flexibility index (Phi) is 5.64. The molecule has 108 valence electrons. The van der Waals surface area contributed by atoms with Crippen LogP contribution >= 0.6 is 22.9 Å². The standard InChI is InChI=1S/C17H22ClNS/c1-4-9-19-15(16-10-13(3)17(18)20-16)11-14-8-6-5-7-12(14)2/h5-8,10,15,19H,4,9,11H2,1-3H3. The van der Waals surface area contributed by atoms with Gasteiger partial charge in [0, 0.05) is 10.9 Å². The van der Waals surface area contributed by atoms with E-state index in [2.05, 4.69) is 56.4 Å². The van der Waals surface area contributed by atoms with Crippen molar-refractivity contribution in [3.63, 3.8) is 0 Å². The molecule has 1 aromatic carbocycles. The molecule has 0 amide bonds. The van der Waals surface area contributed by atoms with E-state index in [0.29, 0.717) is 6.04 Å². The van der Waals surface area contributed by atoms with Crippen molar-refractivity contribution < 1.29 is 0 Å². The van der Waals surface area contributed by atoms with Crippen molar-refractivity contribution in [3.8, 4) is 0 Å². The van der Waals surface area contributed by atoms with Gasteiger partial charge in [-0.2, -0.15) is 0 Å². The van der Waals surface area contributed by atoms with E-state index in [1.54, 1.807) is 11.3 Å². The van der Waals surface area contributed by atoms with Gasteiger partial charge in [0.15, 0.2) is 0 Å². The zero-order valence-corrected chi connectivity index (χ0v) is 13.9. The zero-order chi connectivity index (χ0) is 14.5. The number of benzene rings is 1. The van der Waals surface area contributed by atoms with E-state index in [9.17, 15) is 0 Å². The minimum Gasteiger partial charge on any atom is -0.309 e. The number of rotatable bonds is 6. The van der Waals surface area contributed by atoms with E-state index in [1.165, 1.54) is 21.6 Å². The van der Waals surface area contributed by atoms with Crippen LogP contribution in [0.2, 0.25) is 4.34 Å². The highest BCUT2D eigenvalue weighted by Crippen LogP contribution is 2.33. The van der Waals surface area contributed by atoms with Gasteiger partial charge < -0.3 is 5.32 Å². The predicted octanol–water partition coefficient (Wildman–Crippen LogP) is 5.30. The largest absolute Gasteiger partial charge is 0.309 e. The number of hydrogen-bond acceptors (Lipinski definition) is 2. The third-order valence-corrected chi connectivity index (χ3v) is 5.21. The van der Waals surface area contributed by atoms with Gasteiger partial charge in [-0.15, -0.1) is 11.3 Å². The summed E-state index contributed by atoms with van der Waals surface area (Å²) in [7, 11) is 0. The van der Waals surface area contributed by atoms with Crippen molar-refractivity contribution >= 4 is 22.9 Å². The molecule has 0 aliphatic heterocycles. The number of nitrogens with one attached hydrogen (secondary N) is 1. The average molecular weight is 308 g/mol. The van der Waals surface area contributed by atoms with Crippen molar-refractivity contribution in [2.75, 3.05) is 6.54 Å². The molecule has 1 aromatic heterocycles. The summed E-state index contributed by atoms with van der Waals surface area (Å²) >= 11 is 7.93. The summed E-state index contributed by atoms with van der Waals surface area (Å²) in [6.45, 7) is 7.49. The molecule has 1 atom stereocenters. The first-order valence-electron chi connectivity index (χ1n) is 7.15. The van der Waals surface area contributed by atoms with Gasteiger partial charge >= 0.3 is 0 Å². The third kappa shape index (κ3) is 3.85. The first kappa shape index (κ1) is 15.6. The van der Waals surface area contributed by atoms with Crippen molar-refractivity contribution in [2.24, 2.45) is 0 Å². The first-order valence-corrected chi connectivity index (χ1v) is 8.35. The smallest absolute Gasteiger partial charge is 0.0960 e. The number of hydrogen-bond donors (Lipinski definition) is 1. The van der Waals surface area contributed by atoms with E-state index < -0.39 is 0 Å². The zero-order valence-electron chi connectivity index (χ0n) is 12.4. The van der Waals surface area contributed by atoms with Crippen LogP contribution in [0, 0.1) is 13.8 Å². The molecule has 1 N–H and O–H groups in total. The molecule has 1 nitrogen and oxygen atoms in total. The molecular formula is C17H22ClNS. The summed E-state index contributed by atoms with van der Waals surface area (Å²) in [5.74, 6) is 0. The van der Waals surface area contributed by atoms with E-state index >= 15 is 0 Å². The van der Waals surface area contributed by atoms with E-state index in [1.807, 2.05) is 0 Å². The lowest BCUT2D eigenvalue weighted by molar-refractivity contribution is 0.535. The van der Waals surface area contributed by atoms with Crippen LogP contribution in [0.15, 0.2) is 30.3 Å². The van der Waals surface area contributed by atoms with Crippen molar-refractivity contribution in [3.05, 3.63) is 56.2 Å². The van der Waals surface area contributed by atoms with Gasteiger partial charge in [-0.05, 0) is 56.0 Å². The van der Waals surface area contributed by atoms with Crippen LogP contribution < -0.4 is 5.32 Å².